The number of hydrogen-bond acceptors (Lipinski definition) is 0. The van der Waals surface area contributed by atoms with Gasteiger partial charge in [-0.1, -0.05) is 0 Å². The first-order chi connectivity index (χ1) is 0. The van der Waals surface area contributed by atoms with E-state index in [-0.39, 0.29) is 130 Å². The van der Waals surface area contributed by atoms with Crippen LogP contribution in [0.15, 0.2) is 0 Å². The van der Waals surface area contributed by atoms with Crippen LogP contribution >= 0.6 is 0 Å². The van der Waals surface area contributed by atoms with Gasteiger partial charge in [0.25, 0.3) is 0 Å². The van der Waals surface area contributed by atoms with Crippen LogP contribution in [0.2, 0.25) is 0 Å². The topological polar surface area (TPSA) is 0 Å². The smallest absolute Gasteiger partial charge is 0.269 e. The summed E-state index contributed by atoms with van der Waals surface area (Å²) in [5.41, 5.74) is 0. The third-order valence-corrected chi connectivity index (χ3v) is 0. The summed E-state index contributed by atoms with van der Waals surface area (Å²) < 4.78 is 0. The van der Waals surface area contributed by atoms with Crippen molar-refractivity contribution in [3.63, 3.8) is 0 Å². The maximum Gasteiger partial charge on any atom is 4.00 e. The van der Waals surface area contributed by atoms with Crippen molar-refractivity contribution in [2.24, 2.45) is 0 Å². The number of halogens is 6. The average Bonchev–Trinajstić information content (AvgIpc) is 0. The third-order valence-electron chi connectivity index (χ3n) is 0. The molecular formula is H6F6SiSr2+8. The molecule has 0 nitrogen and oxygen atoms in total. The minimum Gasteiger partial charge on any atom is -0.269 e. The summed E-state index contributed by atoms with van der Waals surface area (Å²) in [7, 11) is 0. The Kier molecular flexibility index (Phi) is 2680. The number of rotatable bonds is 0. The zero-order chi connectivity index (χ0) is 0. The molecule has 0 aromatic heterocycles. The van der Waals surface area contributed by atoms with Crippen LogP contribution in [0.5, 0.6) is 0 Å². The van der Waals surface area contributed by atoms with Gasteiger partial charge in [-0.2, -0.15) is 0 Å². The normalized spacial score (nSPS) is 0. The van der Waals surface area contributed by atoms with Crippen molar-refractivity contribution in [1.82, 2.24) is 0 Å². The molecule has 0 fully saturated rings. The van der Waals surface area contributed by atoms with Crippen molar-refractivity contribution < 1.29 is 28.2 Å². The van der Waals surface area contributed by atoms with E-state index >= 15 is 0 Å². The van der Waals surface area contributed by atoms with Gasteiger partial charge < -0.3 is 0 Å². The van der Waals surface area contributed by atoms with Gasteiger partial charge in [-0.05, 0) is 0 Å². The summed E-state index contributed by atoms with van der Waals surface area (Å²) in [6, 6.07) is 0. The summed E-state index contributed by atoms with van der Waals surface area (Å²) in [6.45, 7) is 0. The first kappa shape index (κ1) is 179. The molecule has 9 heteroatoms. The van der Waals surface area contributed by atoms with Gasteiger partial charge in [-0.25, -0.2) is 0 Å². The second-order valence-corrected chi connectivity index (χ2v) is 0. The maximum absolute atomic E-state index is 0. The summed E-state index contributed by atoms with van der Waals surface area (Å²) in [6.07, 6.45) is 0. The van der Waals surface area contributed by atoms with Gasteiger partial charge in [0.1, 0.15) is 0 Å². The largest absolute Gasteiger partial charge is 4.00 e. The fraction of sp³-hybridized carbons (Fsp3) is 0. The van der Waals surface area contributed by atoms with Gasteiger partial charge in [0.15, 0.2) is 0 Å². The van der Waals surface area contributed by atoms with Crippen molar-refractivity contribution in [1.29, 1.82) is 0 Å². The van der Waals surface area contributed by atoms with E-state index in [9.17, 15) is 0 Å². The van der Waals surface area contributed by atoms with Gasteiger partial charge in [-0.15, -0.1) is 0 Å². The molecule has 0 heterocycles. The third kappa shape index (κ3) is 108. The van der Waals surface area contributed by atoms with Crippen LogP contribution in [0.1, 0.15) is 0 Å². The molecule has 9 heavy (non-hydrogen) atoms. The van der Waals surface area contributed by atoms with Gasteiger partial charge in [0.2, 0.25) is 0 Å². The molecule has 0 saturated carbocycles. The van der Waals surface area contributed by atoms with Crippen LogP contribution in [-0.4, -0.2) is 102 Å². The monoisotopic (exact) mass is 324 g/mol. The fourth-order valence-electron chi connectivity index (χ4n) is 0. The minimum atomic E-state index is 0. The first-order valence-corrected chi connectivity index (χ1v) is 0. The van der Waals surface area contributed by atoms with Crippen LogP contribution in [0, 0.1) is 0 Å². The summed E-state index contributed by atoms with van der Waals surface area (Å²) in [5, 5.41) is 0. The standard InChI is InChI=1S/6FH.Si.2Sr/h6*1H;;;/q;;;;;;+4;2*+2. The molecule has 0 aliphatic carbocycles. The van der Waals surface area contributed by atoms with E-state index in [1.165, 1.54) is 0 Å². The van der Waals surface area contributed by atoms with Crippen molar-refractivity contribution in [3.05, 3.63) is 0 Å². The van der Waals surface area contributed by atoms with Crippen molar-refractivity contribution in [2.45, 2.75) is 0 Å². The molecule has 0 aromatic rings. The fourth-order valence-corrected chi connectivity index (χ4v) is 0. The Morgan fingerprint density at radius 2 is 0.333 bits per heavy atom. The van der Waals surface area contributed by atoms with Crippen molar-refractivity contribution >= 4 is 102 Å². The maximum atomic E-state index is 0. The van der Waals surface area contributed by atoms with E-state index in [2.05, 4.69) is 0 Å². The molecule has 0 unspecified atom stereocenters. The molecule has 0 spiro atoms. The molecule has 0 rings (SSSR count). The van der Waals surface area contributed by atoms with Gasteiger partial charge in [0, 0.05) is 0 Å². The molecule has 48 valence electrons. The molecule has 0 aliphatic rings. The summed E-state index contributed by atoms with van der Waals surface area (Å²) in [5.74, 6) is 0. The van der Waals surface area contributed by atoms with Crippen LogP contribution in [-0.2, 0) is 0 Å². The van der Waals surface area contributed by atoms with Crippen molar-refractivity contribution in [3.8, 4) is 0 Å². The minimum absolute atomic E-state index is 0. The molecule has 0 N–H and O–H groups in total. The SMILES string of the molecule is F.F.F.F.F.F.[Si+4].[Sr+2].[Sr+2]. The van der Waals surface area contributed by atoms with E-state index in [4.69, 9.17) is 0 Å². The van der Waals surface area contributed by atoms with Crippen LogP contribution in [0.4, 0.5) is 28.2 Å². The molecule has 0 aromatic carbocycles. The summed E-state index contributed by atoms with van der Waals surface area (Å²) >= 11 is 0. The zero-order valence-corrected chi connectivity index (χ0v) is 12.3. The quantitative estimate of drug-likeness (QED) is 0.427. The number of hydrogen-bond donors (Lipinski definition) is 0. The van der Waals surface area contributed by atoms with E-state index in [1.807, 2.05) is 0 Å². The molecular weight excluding hydrogens is 317 g/mol. The Labute approximate surface area is 127 Å². The Morgan fingerprint density at radius 1 is 0.333 bits per heavy atom. The molecule has 0 radical (unpaired) electrons. The molecule has 0 atom stereocenters. The van der Waals surface area contributed by atoms with E-state index in [0.29, 0.717) is 0 Å². The van der Waals surface area contributed by atoms with Gasteiger partial charge in [0.05, 0.1) is 0 Å². The van der Waals surface area contributed by atoms with Crippen molar-refractivity contribution in [2.75, 3.05) is 0 Å². The molecule has 0 saturated heterocycles. The predicted molar refractivity (Wildman–Crippen MR) is 32.3 cm³/mol. The van der Waals surface area contributed by atoms with Crippen LogP contribution in [0.3, 0.4) is 0 Å². The predicted octanol–water partition coefficient (Wildman–Crippen LogP) is -0.227. The van der Waals surface area contributed by atoms with Gasteiger partial charge in [-0.3, -0.25) is 28.2 Å². The zero-order valence-electron chi connectivity index (χ0n) is 4.36. The summed E-state index contributed by atoms with van der Waals surface area (Å²) in [4.78, 5) is 0. The van der Waals surface area contributed by atoms with Crippen LogP contribution in [0.25, 0.3) is 0 Å². The van der Waals surface area contributed by atoms with E-state index < -0.39 is 0 Å². The second-order valence-electron chi connectivity index (χ2n) is 0. The van der Waals surface area contributed by atoms with Crippen LogP contribution < -0.4 is 0 Å². The van der Waals surface area contributed by atoms with E-state index in [0.717, 1.165) is 0 Å². The van der Waals surface area contributed by atoms with E-state index in [1.54, 1.807) is 0 Å². The van der Waals surface area contributed by atoms with Gasteiger partial charge >= 0.3 is 102 Å². The second kappa shape index (κ2) is 135. The Balaban J connectivity index is 0. The average molecular weight is 323 g/mol. The first-order valence-electron chi connectivity index (χ1n) is 0. The molecule has 0 aliphatic heterocycles. The Morgan fingerprint density at radius 3 is 0.333 bits per heavy atom. The Bertz CT molecular complexity index is 11.0. The molecule has 0 bridgehead atoms. The molecule has 0 amide bonds. The Hall–Kier alpha value is 2.76.